The van der Waals surface area contributed by atoms with Crippen molar-refractivity contribution < 1.29 is 14.6 Å². The first-order valence-electron chi connectivity index (χ1n) is 6.57. The Hall–Kier alpha value is -2.29. The molecule has 104 valence electrons. The Bertz CT molecular complexity index is 590. The predicted molar refractivity (Wildman–Crippen MR) is 78.1 cm³/mol. The second-order valence-electron chi connectivity index (χ2n) is 4.89. The molecule has 0 saturated carbocycles. The number of hydrogen-bond donors (Lipinski definition) is 1. The lowest BCUT2D eigenvalue weighted by atomic mass is 10.00. The molecule has 0 unspecified atom stereocenters. The van der Waals surface area contributed by atoms with Gasteiger partial charge >= 0.3 is 5.97 Å². The van der Waals surface area contributed by atoms with Gasteiger partial charge in [-0.15, -0.1) is 0 Å². The maximum Gasteiger partial charge on any atom is 0.345 e. The van der Waals surface area contributed by atoms with Crippen molar-refractivity contribution in [2.45, 2.75) is 26.4 Å². The molecule has 0 bridgehead atoms. The summed E-state index contributed by atoms with van der Waals surface area (Å²) < 4.78 is 5.58. The Morgan fingerprint density at radius 2 is 1.85 bits per heavy atom. The van der Waals surface area contributed by atoms with Gasteiger partial charge in [-0.05, 0) is 37.1 Å². The molecule has 1 N–H and O–H groups in total. The number of carboxylic acid groups (broad SMARTS) is 1. The number of para-hydroxylation sites is 1. The van der Waals surface area contributed by atoms with Crippen molar-refractivity contribution in [3.05, 3.63) is 65.2 Å². The maximum absolute atomic E-state index is 11.4. The fourth-order valence-electron chi connectivity index (χ4n) is 2.06. The first-order chi connectivity index (χ1) is 9.56. The Morgan fingerprint density at radius 1 is 1.15 bits per heavy atom. The minimum absolute atomic E-state index is 0.359. The largest absolute Gasteiger partial charge is 0.478 e. The van der Waals surface area contributed by atoms with Crippen LogP contribution in [0.3, 0.4) is 0 Å². The van der Waals surface area contributed by atoms with E-state index in [1.807, 2.05) is 50.2 Å². The molecule has 0 heterocycles. The van der Waals surface area contributed by atoms with Crippen LogP contribution in [0.4, 0.5) is 0 Å². The highest BCUT2D eigenvalue weighted by atomic mass is 16.5. The van der Waals surface area contributed by atoms with Crippen LogP contribution in [0, 0.1) is 13.8 Å². The first-order valence-corrected chi connectivity index (χ1v) is 6.57. The van der Waals surface area contributed by atoms with Gasteiger partial charge in [0.2, 0.25) is 0 Å². The highest BCUT2D eigenvalue weighted by Crippen LogP contribution is 2.17. The second kappa shape index (κ2) is 6.24. The van der Waals surface area contributed by atoms with Crippen molar-refractivity contribution in [1.29, 1.82) is 0 Å². The van der Waals surface area contributed by atoms with Gasteiger partial charge in [0, 0.05) is 6.42 Å². The zero-order valence-corrected chi connectivity index (χ0v) is 11.7. The number of ether oxygens (including phenoxy) is 1. The highest BCUT2D eigenvalue weighted by molar-refractivity contribution is 5.73. The molecule has 1 atom stereocenters. The van der Waals surface area contributed by atoms with Gasteiger partial charge in [-0.3, -0.25) is 0 Å². The summed E-state index contributed by atoms with van der Waals surface area (Å²) >= 11 is 0. The van der Waals surface area contributed by atoms with E-state index in [4.69, 9.17) is 4.74 Å². The predicted octanol–water partition coefficient (Wildman–Crippen LogP) is 3.38. The molecule has 0 radical (unpaired) electrons. The maximum atomic E-state index is 11.4. The molecule has 0 aliphatic heterocycles. The number of aliphatic carboxylic acids is 1. The van der Waals surface area contributed by atoms with Gasteiger partial charge in [0.15, 0.2) is 6.10 Å². The van der Waals surface area contributed by atoms with Gasteiger partial charge in [-0.1, -0.05) is 42.0 Å². The van der Waals surface area contributed by atoms with E-state index < -0.39 is 12.1 Å². The molecule has 2 aromatic carbocycles. The van der Waals surface area contributed by atoms with E-state index in [0.717, 1.165) is 16.7 Å². The van der Waals surface area contributed by atoms with Crippen molar-refractivity contribution in [3.63, 3.8) is 0 Å². The van der Waals surface area contributed by atoms with Crippen LogP contribution in [0.1, 0.15) is 16.7 Å². The normalized spacial score (nSPS) is 11.9. The summed E-state index contributed by atoms with van der Waals surface area (Å²) in [5, 5.41) is 9.33. The molecule has 0 spiro atoms. The van der Waals surface area contributed by atoms with E-state index in [0.29, 0.717) is 12.2 Å². The molecule has 0 aliphatic carbocycles. The summed E-state index contributed by atoms with van der Waals surface area (Å²) in [6.45, 7) is 3.98. The standard InChI is InChI=1S/C17H18O3/c1-12-8-9-13(2)14(10-12)11-16(17(18)19)20-15-6-4-3-5-7-15/h3-10,16H,11H2,1-2H3,(H,18,19)/t16-/m1/s1. The quantitative estimate of drug-likeness (QED) is 0.906. The number of carboxylic acids is 1. The van der Waals surface area contributed by atoms with Gasteiger partial charge in [0.05, 0.1) is 0 Å². The molecule has 0 amide bonds. The Balaban J connectivity index is 2.18. The van der Waals surface area contributed by atoms with Crippen molar-refractivity contribution >= 4 is 5.97 Å². The van der Waals surface area contributed by atoms with Gasteiger partial charge in [0.25, 0.3) is 0 Å². The fraction of sp³-hybridized carbons (Fsp3) is 0.235. The Morgan fingerprint density at radius 3 is 2.50 bits per heavy atom. The minimum Gasteiger partial charge on any atom is -0.478 e. The zero-order valence-electron chi connectivity index (χ0n) is 11.7. The van der Waals surface area contributed by atoms with Gasteiger partial charge in [0.1, 0.15) is 5.75 Å². The molecule has 0 aromatic heterocycles. The summed E-state index contributed by atoms with van der Waals surface area (Å²) in [7, 11) is 0. The molecule has 3 heteroatoms. The average molecular weight is 270 g/mol. The van der Waals surface area contributed by atoms with Crippen LogP contribution in [-0.2, 0) is 11.2 Å². The third-order valence-corrected chi connectivity index (χ3v) is 3.21. The third kappa shape index (κ3) is 3.60. The number of rotatable bonds is 5. The molecule has 2 aromatic rings. The number of benzene rings is 2. The van der Waals surface area contributed by atoms with Crippen molar-refractivity contribution in [2.75, 3.05) is 0 Å². The first kappa shape index (κ1) is 14.1. The second-order valence-corrected chi connectivity index (χ2v) is 4.89. The summed E-state index contributed by atoms with van der Waals surface area (Å²) in [6, 6.07) is 15.1. The van der Waals surface area contributed by atoms with Crippen LogP contribution in [0.5, 0.6) is 5.75 Å². The third-order valence-electron chi connectivity index (χ3n) is 3.21. The summed E-state index contributed by atoms with van der Waals surface area (Å²) in [5.74, 6) is -0.375. The lowest BCUT2D eigenvalue weighted by Crippen LogP contribution is -2.29. The number of hydrogen-bond acceptors (Lipinski definition) is 2. The minimum atomic E-state index is -0.949. The zero-order chi connectivity index (χ0) is 14.5. The van der Waals surface area contributed by atoms with Crippen molar-refractivity contribution in [2.24, 2.45) is 0 Å². The molecule has 0 fully saturated rings. The lowest BCUT2D eigenvalue weighted by Gasteiger charge is -2.16. The molecular weight excluding hydrogens is 252 g/mol. The van der Waals surface area contributed by atoms with E-state index in [1.165, 1.54) is 0 Å². The van der Waals surface area contributed by atoms with Gasteiger partial charge < -0.3 is 9.84 Å². The average Bonchev–Trinajstić information content (AvgIpc) is 2.43. The summed E-state index contributed by atoms with van der Waals surface area (Å²) in [4.78, 5) is 11.4. The smallest absolute Gasteiger partial charge is 0.345 e. The number of aryl methyl sites for hydroxylation is 2. The van der Waals surface area contributed by atoms with Crippen LogP contribution in [0.25, 0.3) is 0 Å². The highest BCUT2D eigenvalue weighted by Gasteiger charge is 2.20. The number of carbonyl (C=O) groups is 1. The molecule has 0 saturated heterocycles. The van der Waals surface area contributed by atoms with Crippen LogP contribution in [-0.4, -0.2) is 17.2 Å². The monoisotopic (exact) mass is 270 g/mol. The lowest BCUT2D eigenvalue weighted by molar-refractivity contribution is -0.145. The molecular formula is C17H18O3. The summed E-state index contributed by atoms with van der Waals surface area (Å²) in [5.41, 5.74) is 3.21. The van der Waals surface area contributed by atoms with Crippen LogP contribution < -0.4 is 4.74 Å². The SMILES string of the molecule is Cc1ccc(C)c(C[C@@H](Oc2ccccc2)C(=O)O)c1. The van der Waals surface area contributed by atoms with Crippen molar-refractivity contribution in [3.8, 4) is 5.75 Å². The van der Waals surface area contributed by atoms with E-state index in [1.54, 1.807) is 12.1 Å². The molecule has 20 heavy (non-hydrogen) atoms. The van der Waals surface area contributed by atoms with E-state index in [-0.39, 0.29) is 0 Å². The van der Waals surface area contributed by atoms with Crippen molar-refractivity contribution in [1.82, 2.24) is 0 Å². The van der Waals surface area contributed by atoms with Crippen LogP contribution in [0.15, 0.2) is 48.5 Å². The molecule has 3 nitrogen and oxygen atoms in total. The Labute approximate surface area is 118 Å². The molecule has 2 rings (SSSR count). The molecule has 0 aliphatic rings. The fourth-order valence-corrected chi connectivity index (χ4v) is 2.06. The van der Waals surface area contributed by atoms with E-state index in [9.17, 15) is 9.90 Å². The van der Waals surface area contributed by atoms with Gasteiger partial charge in [-0.25, -0.2) is 4.79 Å². The topological polar surface area (TPSA) is 46.5 Å². The van der Waals surface area contributed by atoms with Crippen LogP contribution >= 0.6 is 0 Å². The Kier molecular flexibility index (Phi) is 4.41. The summed E-state index contributed by atoms with van der Waals surface area (Å²) in [6.07, 6.45) is -0.518. The van der Waals surface area contributed by atoms with Gasteiger partial charge in [-0.2, -0.15) is 0 Å². The van der Waals surface area contributed by atoms with E-state index >= 15 is 0 Å². The van der Waals surface area contributed by atoms with Crippen LogP contribution in [0.2, 0.25) is 0 Å². The van der Waals surface area contributed by atoms with E-state index in [2.05, 4.69) is 0 Å².